The van der Waals surface area contributed by atoms with Crippen LogP contribution in [-0.2, 0) is 6.54 Å². The Kier molecular flexibility index (Phi) is 5.60. The second-order valence-electron chi connectivity index (χ2n) is 7.87. The molecule has 0 aliphatic heterocycles. The van der Waals surface area contributed by atoms with Gasteiger partial charge in [0.25, 0.3) is 5.91 Å². The van der Waals surface area contributed by atoms with Gasteiger partial charge in [-0.1, -0.05) is 29.5 Å². The summed E-state index contributed by atoms with van der Waals surface area (Å²) in [6.45, 7) is 7.50. The van der Waals surface area contributed by atoms with Crippen molar-refractivity contribution in [1.82, 2.24) is 14.8 Å². The molecule has 0 saturated heterocycles. The predicted molar refractivity (Wildman–Crippen MR) is 130 cm³/mol. The third kappa shape index (κ3) is 4.09. The van der Waals surface area contributed by atoms with Gasteiger partial charge in [-0.25, -0.2) is 4.98 Å². The van der Waals surface area contributed by atoms with Crippen LogP contribution in [0.15, 0.2) is 59.3 Å². The van der Waals surface area contributed by atoms with Crippen LogP contribution < -0.4 is 9.64 Å². The molecule has 0 bridgehead atoms. The van der Waals surface area contributed by atoms with Crippen molar-refractivity contribution in [2.45, 2.75) is 27.3 Å². The van der Waals surface area contributed by atoms with E-state index in [-0.39, 0.29) is 11.7 Å². The number of carbonyl (C=O) groups is 1. The number of nitrogens with zero attached hydrogens (tertiary/aromatic N) is 4. The maximum Gasteiger partial charge on any atom is 0.295 e. The second-order valence-corrected chi connectivity index (χ2v) is 8.88. The Balaban J connectivity index is 1.55. The summed E-state index contributed by atoms with van der Waals surface area (Å²) >= 11 is 1.51. The number of hydrogen-bond acceptors (Lipinski definition) is 6. The molecule has 0 fully saturated rings. The maximum atomic E-state index is 13.7. The summed E-state index contributed by atoms with van der Waals surface area (Å²) in [5.74, 6) is 0.641. The third-order valence-electron chi connectivity index (χ3n) is 5.43. The molecule has 0 atom stereocenters. The minimum atomic E-state index is -0.241. The van der Waals surface area contributed by atoms with Gasteiger partial charge in [0.1, 0.15) is 0 Å². The Hall–Kier alpha value is -3.65. The number of amides is 1. The molecule has 8 heteroatoms. The molecule has 0 aliphatic carbocycles. The molecule has 0 aliphatic rings. The Morgan fingerprint density at radius 1 is 1.21 bits per heavy atom. The largest absolute Gasteiger partial charge is 0.490 e. The molecule has 0 unspecified atom stereocenters. The molecule has 33 heavy (non-hydrogen) atoms. The van der Waals surface area contributed by atoms with Gasteiger partial charge in [-0.3, -0.25) is 14.4 Å². The number of carbonyl (C=O) groups excluding carboxylic acids is 1. The van der Waals surface area contributed by atoms with E-state index in [1.807, 2.05) is 44.3 Å². The maximum absolute atomic E-state index is 13.7. The van der Waals surface area contributed by atoms with Crippen molar-refractivity contribution in [3.05, 3.63) is 71.7 Å². The minimum Gasteiger partial charge on any atom is -0.490 e. The molecule has 168 valence electrons. The van der Waals surface area contributed by atoms with Gasteiger partial charge in [-0.15, -0.1) is 0 Å². The van der Waals surface area contributed by atoms with E-state index < -0.39 is 0 Å². The molecule has 3 heterocycles. The van der Waals surface area contributed by atoms with Crippen molar-refractivity contribution in [3.63, 3.8) is 0 Å². The van der Waals surface area contributed by atoms with E-state index in [1.54, 1.807) is 21.8 Å². The second kappa shape index (κ2) is 8.71. The van der Waals surface area contributed by atoms with E-state index in [9.17, 15) is 4.79 Å². The fourth-order valence-electron chi connectivity index (χ4n) is 3.94. The molecule has 5 aromatic rings. The molecule has 1 amide bonds. The molecular weight excluding hydrogens is 436 g/mol. The number of anilines is 1. The van der Waals surface area contributed by atoms with Crippen LogP contribution in [0.4, 0.5) is 5.13 Å². The normalized spacial score (nSPS) is 11.4. The first-order valence-electron chi connectivity index (χ1n) is 10.9. The standard InChI is InChI=1S/C25H24N4O3S/c1-4-31-19-8-5-7-18-15-20(32-23(18)19)24(30)29(12-11-28-10-6-9-26-28)25-27-22-17(3)13-16(2)14-21(22)33-25/h5-10,13-15H,4,11-12H2,1-3H3. The number of hydrogen-bond donors (Lipinski definition) is 0. The average Bonchev–Trinajstić information content (AvgIpc) is 3.53. The van der Waals surface area contributed by atoms with Gasteiger partial charge in [0.15, 0.2) is 22.2 Å². The number of aromatic nitrogens is 3. The van der Waals surface area contributed by atoms with Crippen molar-refractivity contribution >= 4 is 43.6 Å². The van der Waals surface area contributed by atoms with E-state index in [1.165, 1.54) is 16.9 Å². The summed E-state index contributed by atoms with van der Waals surface area (Å²) < 4.78 is 14.5. The quantitative estimate of drug-likeness (QED) is 0.316. The van der Waals surface area contributed by atoms with Crippen molar-refractivity contribution in [2.75, 3.05) is 18.1 Å². The van der Waals surface area contributed by atoms with Crippen LogP contribution in [0.3, 0.4) is 0 Å². The van der Waals surface area contributed by atoms with Crippen molar-refractivity contribution in [3.8, 4) is 5.75 Å². The fraction of sp³-hybridized carbons (Fsp3) is 0.240. The molecule has 3 aromatic heterocycles. The first-order valence-corrected chi connectivity index (χ1v) is 11.7. The van der Waals surface area contributed by atoms with E-state index >= 15 is 0 Å². The zero-order valence-electron chi connectivity index (χ0n) is 18.7. The van der Waals surface area contributed by atoms with Gasteiger partial charge in [0, 0.05) is 24.3 Å². The van der Waals surface area contributed by atoms with Gasteiger partial charge in [0.2, 0.25) is 0 Å². The van der Waals surface area contributed by atoms with E-state index in [4.69, 9.17) is 14.1 Å². The first-order chi connectivity index (χ1) is 16.0. The monoisotopic (exact) mass is 460 g/mol. The van der Waals surface area contributed by atoms with Gasteiger partial charge >= 0.3 is 0 Å². The van der Waals surface area contributed by atoms with Gasteiger partial charge < -0.3 is 9.15 Å². The predicted octanol–water partition coefficient (Wildman–Crippen LogP) is 5.60. The average molecular weight is 461 g/mol. The Morgan fingerprint density at radius 3 is 2.88 bits per heavy atom. The highest BCUT2D eigenvalue weighted by Gasteiger charge is 2.25. The Bertz CT molecular complexity index is 1440. The van der Waals surface area contributed by atoms with Crippen molar-refractivity contribution in [1.29, 1.82) is 0 Å². The molecule has 0 N–H and O–H groups in total. The highest BCUT2D eigenvalue weighted by Crippen LogP contribution is 2.34. The highest BCUT2D eigenvalue weighted by molar-refractivity contribution is 7.22. The van der Waals surface area contributed by atoms with Crippen LogP contribution in [0.25, 0.3) is 21.2 Å². The SMILES string of the molecule is CCOc1cccc2cc(C(=O)N(CCn3cccn3)c3nc4c(C)cc(C)cc4s3)oc12. The lowest BCUT2D eigenvalue weighted by Crippen LogP contribution is -2.33. The summed E-state index contributed by atoms with van der Waals surface area (Å²) in [6, 6.07) is 13.5. The summed E-state index contributed by atoms with van der Waals surface area (Å²) in [5, 5.41) is 5.74. The molecule has 0 spiro atoms. The zero-order chi connectivity index (χ0) is 22.9. The molecular formula is C25H24N4O3S. The number of benzene rings is 2. The van der Waals surface area contributed by atoms with Gasteiger partial charge in [-0.05, 0) is 56.2 Å². The molecule has 7 nitrogen and oxygen atoms in total. The summed E-state index contributed by atoms with van der Waals surface area (Å²) in [6.07, 6.45) is 3.61. The number of aryl methyl sites for hydroxylation is 2. The first kappa shape index (κ1) is 21.2. The van der Waals surface area contributed by atoms with Crippen LogP contribution in [0.5, 0.6) is 5.75 Å². The molecule has 0 saturated carbocycles. The number of para-hydroxylation sites is 1. The fourth-order valence-corrected chi connectivity index (χ4v) is 5.10. The number of fused-ring (bicyclic) bond motifs is 2. The van der Waals surface area contributed by atoms with E-state index in [0.29, 0.717) is 36.2 Å². The van der Waals surface area contributed by atoms with Gasteiger partial charge in [-0.2, -0.15) is 5.10 Å². The molecule has 5 rings (SSSR count). The molecule has 2 aromatic carbocycles. The summed E-state index contributed by atoms with van der Waals surface area (Å²) in [5.41, 5.74) is 3.76. The Labute approximate surface area is 195 Å². The van der Waals surface area contributed by atoms with Crippen LogP contribution >= 0.6 is 11.3 Å². The van der Waals surface area contributed by atoms with Gasteiger partial charge in [0.05, 0.1) is 23.4 Å². The van der Waals surface area contributed by atoms with E-state index in [2.05, 4.69) is 24.2 Å². The smallest absolute Gasteiger partial charge is 0.295 e. The number of ether oxygens (including phenoxy) is 1. The Morgan fingerprint density at radius 2 is 2.09 bits per heavy atom. The van der Waals surface area contributed by atoms with Crippen LogP contribution in [0, 0.1) is 13.8 Å². The lowest BCUT2D eigenvalue weighted by Gasteiger charge is -2.18. The minimum absolute atomic E-state index is 0.241. The highest BCUT2D eigenvalue weighted by atomic mass is 32.1. The molecule has 0 radical (unpaired) electrons. The van der Waals surface area contributed by atoms with E-state index in [0.717, 1.165) is 21.2 Å². The number of thiazole rings is 1. The van der Waals surface area contributed by atoms with Crippen LogP contribution in [0.2, 0.25) is 0 Å². The lowest BCUT2D eigenvalue weighted by molar-refractivity contribution is 0.0961. The van der Waals surface area contributed by atoms with Crippen LogP contribution in [-0.4, -0.2) is 33.8 Å². The zero-order valence-corrected chi connectivity index (χ0v) is 19.6. The number of furan rings is 1. The van der Waals surface area contributed by atoms with Crippen LogP contribution in [0.1, 0.15) is 28.6 Å². The topological polar surface area (TPSA) is 73.4 Å². The van der Waals surface area contributed by atoms with Crippen molar-refractivity contribution in [2.24, 2.45) is 0 Å². The van der Waals surface area contributed by atoms with Crippen molar-refractivity contribution < 1.29 is 13.9 Å². The third-order valence-corrected chi connectivity index (χ3v) is 6.45. The lowest BCUT2D eigenvalue weighted by atomic mass is 10.1. The summed E-state index contributed by atoms with van der Waals surface area (Å²) in [4.78, 5) is 20.2. The summed E-state index contributed by atoms with van der Waals surface area (Å²) in [7, 11) is 0. The number of rotatable bonds is 7.